The largest absolute Gasteiger partial charge is 0.491 e. The highest BCUT2D eigenvalue weighted by Crippen LogP contribution is 2.19. The molecule has 2 aliphatic rings. The Kier molecular flexibility index (Phi) is 12.4. The van der Waals surface area contributed by atoms with Crippen molar-refractivity contribution in [2.45, 2.75) is 57.8 Å². The van der Waals surface area contributed by atoms with Gasteiger partial charge in [-0.05, 0) is 30.5 Å². The van der Waals surface area contributed by atoms with Crippen molar-refractivity contribution in [2.75, 3.05) is 39.8 Å². The molecule has 1 saturated heterocycles. The first kappa shape index (κ1) is 35.7. The molecule has 0 bridgehead atoms. The van der Waals surface area contributed by atoms with E-state index in [1.54, 1.807) is 30.0 Å². The number of rotatable bonds is 7. The average molecular weight is 664 g/mol. The Hall–Kier alpha value is -5.14. The van der Waals surface area contributed by atoms with Gasteiger partial charge in [0.1, 0.15) is 30.5 Å². The van der Waals surface area contributed by atoms with Crippen molar-refractivity contribution in [2.24, 2.45) is 5.92 Å². The highest BCUT2D eigenvalue weighted by Gasteiger charge is 2.35. The number of urea groups is 1. The molecule has 5 N–H and O–H groups in total. The van der Waals surface area contributed by atoms with E-state index in [1.807, 2.05) is 44.2 Å². The van der Waals surface area contributed by atoms with Gasteiger partial charge in [0.2, 0.25) is 23.6 Å². The second-order valence-electron chi connectivity index (χ2n) is 12.4. The van der Waals surface area contributed by atoms with Crippen LogP contribution in [0.2, 0.25) is 0 Å². The zero-order valence-corrected chi connectivity index (χ0v) is 27.8. The quantitative estimate of drug-likeness (QED) is 0.285. The molecular formula is C34H45N7O7. The van der Waals surface area contributed by atoms with Gasteiger partial charge in [0, 0.05) is 39.6 Å². The summed E-state index contributed by atoms with van der Waals surface area (Å²) in [5.41, 5.74) is 0.913. The molecule has 1 fully saturated rings. The molecule has 0 radical (unpaired) electrons. The van der Waals surface area contributed by atoms with Crippen LogP contribution >= 0.6 is 0 Å². The van der Waals surface area contributed by atoms with Crippen LogP contribution < -0.4 is 31.3 Å². The van der Waals surface area contributed by atoms with E-state index in [9.17, 15) is 28.8 Å². The maximum atomic E-state index is 13.9. The first-order valence-corrected chi connectivity index (χ1v) is 16.2. The van der Waals surface area contributed by atoms with E-state index in [-0.39, 0.29) is 49.4 Å². The summed E-state index contributed by atoms with van der Waals surface area (Å²) in [6.07, 6.45) is -0.328. The number of fused-ring (bicyclic) bond motifs is 1. The summed E-state index contributed by atoms with van der Waals surface area (Å²) in [5.74, 6) is -2.89. The number of carbonyl (C=O) groups excluding carboxylic acids is 6. The van der Waals surface area contributed by atoms with Gasteiger partial charge in [-0.3, -0.25) is 24.0 Å². The molecule has 0 aromatic heterocycles. The van der Waals surface area contributed by atoms with E-state index < -0.39 is 60.1 Å². The lowest BCUT2D eigenvalue weighted by Gasteiger charge is -2.31. The van der Waals surface area contributed by atoms with Gasteiger partial charge in [-0.1, -0.05) is 56.3 Å². The first-order chi connectivity index (χ1) is 22.9. The third kappa shape index (κ3) is 9.46. The molecule has 0 spiro atoms. The summed E-state index contributed by atoms with van der Waals surface area (Å²) < 4.78 is 5.93. The molecule has 4 atom stereocenters. The summed E-state index contributed by atoms with van der Waals surface area (Å²) in [6.45, 7) is 6.71. The maximum absolute atomic E-state index is 13.9. The van der Waals surface area contributed by atoms with Gasteiger partial charge in [0.15, 0.2) is 0 Å². The fraction of sp³-hybridized carbons (Fsp3) is 0.471. The Morgan fingerprint density at radius 2 is 1.67 bits per heavy atom. The van der Waals surface area contributed by atoms with Crippen LogP contribution in [0.15, 0.2) is 54.6 Å². The number of hydrogen-bond donors (Lipinski definition) is 5. The Labute approximate surface area is 280 Å². The van der Waals surface area contributed by atoms with Crippen LogP contribution in [-0.4, -0.2) is 109 Å². The summed E-state index contributed by atoms with van der Waals surface area (Å²) in [4.78, 5) is 83.0. The third-order valence-electron chi connectivity index (χ3n) is 8.32. The van der Waals surface area contributed by atoms with Crippen molar-refractivity contribution in [3.8, 4) is 5.75 Å². The van der Waals surface area contributed by atoms with Crippen molar-refractivity contribution in [3.63, 3.8) is 0 Å². The van der Waals surface area contributed by atoms with Crippen molar-refractivity contribution in [3.05, 3.63) is 65.7 Å². The van der Waals surface area contributed by atoms with E-state index >= 15 is 0 Å². The van der Waals surface area contributed by atoms with E-state index in [4.69, 9.17) is 4.74 Å². The van der Waals surface area contributed by atoms with Crippen LogP contribution in [0.3, 0.4) is 0 Å². The second kappa shape index (κ2) is 16.6. The van der Waals surface area contributed by atoms with Crippen LogP contribution in [0.25, 0.3) is 0 Å². The molecule has 7 amide bonds. The van der Waals surface area contributed by atoms with Crippen LogP contribution in [-0.2, 0) is 25.6 Å². The zero-order valence-electron chi connectivity index (χ0n) is 27.8. The fourth-order valence-corrected chi connectivity index (χ4v) is 5.50. The van der Waals surface area contributed by atoms with Crippen molar-refractivity contribution < 1.29 is 33.5 Å². The highest BCUT2D eigenvalue weighted by molar-refractivity contribution is 6.01. The lowest BCUT2D eigenvalue weighted by Crippen LogP contribution is -2.58. The molecule has 2 heterocycles. The SMILES string of the molecule is CC(C)[C@H]1NC(=O)[C@H](Cc2ccccc2)N(C)C(=O)C[C@@H](C(=O)NCCN2CCNC2=O)NC(=O)c2ccccc2OC[C@H](C)NC1=O. The minimum atomic E-state index is -1.32. The Morgan fingerprint density at radius 1 is 0.958 bits per heavy atom. The van der Waals surface area contributed by atoms with Crippen LogP contribution in [0, 0.1) is 5.92 Å². The Balaban J connectivity index is 1.66. The number of hydrogen-bond acceptors (Lipinski definition) is 7. The number of likely N-dealkylation sites (N-methyl/N-ethyl adjacent to an activating group) is 1. The van der Waals surface area contributed by atoms with Crippen molar-refractivity contribution in [1.82, 2.24) is 36.4 Å². The van der Waals surface area contributed by atoms with Crippen LogP contribution in [0.5, 0.6) is 5.75 Å². The maximum Gasteiger partial charge on any atom is 0.317 e. The Morgan fingerprint density at radius 3 is 2.35 bits per heavy atom. The van der Waals surface area contributed by atoms with Gasteiger partial charge in [-0.2, -0.15) is 0 Å². The molecule has 2 aromatic carbocycles. The minimum Gasteiger partial charge on any atom is -0.491 e. The molecular weight excluding hydrogens is 618 g/mol. The van der Waals surface area contributed by atoms with E-state index in [2.05, 4.69) is 26.6 Å². The number of amides is 7. The summed E-state index contributed by atoms with van der Waals surface area (Å²) in [5, 5.41) is 13.8. The smallest absolute Gasteiger partial charge is 0.317 e. The van der Waals surface area contributed by atoms with Gasteiger partial charge in [0.25, 0.3) is 5.91 Å². The fourth-order valence-electron chi connectivity index (χ4n) is 5.50. The van der Waals surface area contributed by atoms with Gasteiger partial charge in [-0.15, -0.1) is 0 Å². The van der Waals surface area contributed by atoms with E-state index in [1.165, 1.54) is 18.0 Å². The van der Waals surface area contributed by atoms with Crippen molar-refractivity contribution >= 4 is 35.6 Å². The Bertz CT molecular complexity index is 1490. The molecule has 48 heavy (non-hydrogen) atoms. The number of para-hydroxylation sites is 1. The normalized spacial score (nSPS) is 22.9. The standard InChI is InChI=1S/C34H45N7O7/c1-21(2)29-33(46)37-22(3)20-48-27-13-9-8-12-24(27)30(43)38-25(31(44)35-14-16-41-17-15-36-34(41)47)19-28(42)40(4)26(32(45)39-29)18-23-10-6-5-7-11-23/h5-13,21-22,25-26,29H,14-20H2,1-4H3,(H,35,44)(H,36,47)(H,37,46)(H,38,43)(H,39,45)/t22-,25-,26-,29+/m0/s1. The molecule has 258 valence electrons. The molecule has 2 aromatic rings. The van der Waals surface area contributed by atoms with E-state index in [0.717, 1.165) is 5.56 Å². The predicted molar refractivity (Wildman–Crippen MR) is 177 cm³/mol. The summed E-state index contributed by atoms with van der Waals surface area (Å²) >= 11 is 0. The monoisotopic (exact) mass is 663 g/mol. The number of ether oxygens (including phenoxy) is 1. The third-order valence-corrected chi connectivity index (χ3v) is 8.32. The van der Waals surface area contributed by atoms with Crippen LogP contribution in [0.4, 0.5) is 4.79 Å². The summed E-state index contributed by atoms with van der Waals surface area (Å²) in [7, 11) is 1.46. The number of carbonyl (C=O) groups is 6. The second-order valence-corrected chi connectivity index (χ2v) is 12.4. The first-order valence-electron chi connectivity index (χ1n) is 16.2. The molecule has 14 nitrogen and oxygen atoms in total. The van der Waals surface area contributed by atoms with Crippen LogP contribution in [0.1, 0.15) is 43.1 Å². The molecule has 14 heteroatoms. The number of benzene rings is 2. The molecule has 4 rings (SSSR count). The zero-order chi connectivity index (χ0) is 34.8. The number of nitrogens with zero attached hydrogens (tertiary/aromatic N) is 2. The van der Waals surface area contributed by atoms with E-state index in [0.29, 0.717) is 13.1 Å². The van der Waals surface area contributed by atoms with Gasteiger partial charge in [-0.25, -0.2) is 4.79 Å². The lowest BCUT2D eigenvalue weighted by atomic mass is 9.99. The average Bonchev–Trinajstić information content (AvgIpc) is 3.48. The van der Waals surface area contributed by atoms with Gasteiger partial charge < -0.3 is 41.1 Å². The number of nitrogens with one attached hydrogen (secondary N) is 5. The predicted octanol–water partition coefficient (Wildman–Crippen LogP) is 0.424. The molecule has 0 saturated carbocycles. The molecule has 2 aliphatic heterocycles. The molecule has 0 unspecified atom stereocenters. The topological polar surface area (TPSA) is 178 Å². The minimum absolute atomic E-state index is 0.0145. The van der Waals surface area contributed by atoms with Crippen molar-refractivity contribution in [1.29, 1.82) is 0 Å². The molecule has 0 aliphatic carbocycles. The van der Waals surface area contributed by atoms with Gasteiger partial charge >= 0.3 is 6.03 Å². The lowest BCUT2D eigenvalue weighted by molar-refractivity contribution is -0.141. The van der Waals surface area contributed by atoms with Gasteiger partial charge in [0.05, 0.1) is 18.0 Å². The summed E-state index contributed by atoms with van der Waals surface area (Å²) in [6, 6.07) is 11.6. The highest BCUT2D eigenvalue weighted by atomic mass is 16.5.